The van der Waals surface area contributed by atoms with Gasteiger partial charge in [-0.3, -0.25) is 10.1 Å². The highest BCUT2D eigenvalue weighted by Gasteiger charge is 2.20. The van der Waals surface area contributed by atoms with E-state index in [-0.39, 0.29) is 11.7 Å². The Labute approximate surface area is 183 Å². The lowest BCUT2D eigenvalue weighted by Crippen LogP contribution is -2.32. The van der Waals surface area contributed by atoms with E-state index in [2.05, 4.69) is 10.6 Å². The third-order valence-electron chi connectivity index (χ3n) is 4.71. The Morgan fingerprint density at radius 3 is 2.10 bits per heavy atom. The molecule has 1 amide bonds. The Hall–Kier alpha value is -3.16. The molecule has 7 heteroatoms. The number of hydrogen-bond acceptors (Lipinski definition) is 5. The summed E-state index contributed by atoms with van der Waals surface area (Å²) >= 11 is 0. The maximum absolute atomic E-state index is 13.0. The Bertz CT molecular complexity index is 1100. The lowest BCUT2D eigenvalue weighted by atomic mass is 10.1. The Morgan fingerprint density at radius 2 is 1.52 bits per heavy atom. The van der Waals surface area contributed by atoms with Gasteiger partial charge in [0, 0.05) is 18.5 Å². The number of hydrogen-bond donors (Lipinski definition) is 2. The normalized spacial score (nSPS) is 12.2. The lowest BCUT2D eigenvalue weighted by Gasteiger charge is -2.19. The summed E-state index contributed by atoms with van der Waals surface area (Å²) < 4.78 is 28.1. The maximum atomic E-state index is 13.0. The minimum atomic E-state index is -3.07. The van der Waals surface area contributed by atoms with Crippen LogP contribution in [0.3, 0.4) is 0 Å². The van der Waals surface area contributed by atoms with E-state index in [0.717, 1.165) is 22.4 Å². The number of nitrogens with one attached hydrogen (secondary N) is 2. The number of anilines is 1. The Balaban J connectivity index is 1.71. The molecular weight excluding hydrogens is 412 g/mol. The number of methoxy groups -OCH3 is 1. The Morgan fingerprint density at radius 1 is 0.903 bits per heavy atom. The molecule has 2 N–H and O–H groups in total. The molecule has 0 saturated carbocycles. The summed E-state index contributed by atoms with van der Waals surface area (Å²) in [6, 6.07) is 23.4. The van der Waals surface area contributed by atoms with Crippen molar-refractivity contribution in [2.75, 3.05) is 18.7 Å². The van der Waals surface area contributed by atoms with Gasteiger partial charge in [-0.15, -0.1) is 0 Å². The van der Waals surface area contributed by atoms with Crippen molar-refractivity contribution in [3.05, 3.63) is 95.6 Å². The third kappa shape index (κ3) is 6.94. The van der Waals surface area contributed by atoms with Crippen molar-refractivity contribution in [1.82, 2.24) is 5.32 Å². The summed E-state index contributed by atoms with van der Waals surface area (Å²) in [6.07, 6.45) is 1.22. The number of rotatable bonds is 9. The summed E-state index contributed by atoms with van der Waals surface area (Å²) in [4.78, 5) is 13.0. The predicted octanol–water partition coefficient (Wildman–Crippen LogP) is 3.71. The molecule has 3 rings (SSSR count). The zero-order valence-electron chi connectivity index (χ0n) is 17.5. The van der Waals surface area contributed by atoms with Crippen LogP contribution >= 0.6 is 0 Å². The maximum Gasteiger partial charge on any atom is 0.246 e. The molecule has 0 fully saturated rings. The second kappa shape index (κ2) is 10.2. The van der Waals surface area contributed by atoms with Gasteiger partial charge >= 0.3 is 0 Å². The molecule has 31 heavy (non-hydrogen) atoms. The largest absolute Gasteiger partial charge is 0.497 e. The van der Waals surface area contributed by atoms with E-state index in [1.165, 1.54) is 6.26 Å². The molecule has 0 aliphatic carbocycles. The van der Waals surface area contributed by atoms with Gasteiger partial charge in [0.25, 0.3) is 0 Å². The molecule has 0 bridgehead atoms. The molecule has 1 atom stereocenters. The van der Waals surface area contributed by atoms with Crippen LogP contribution in [0.4, 0.5) is 5.69 Å². The van der Waals surface area contributed by atoms with Crippen LogP contribution in [0, 0.1) is 0 Å². The predicted molar refractivity (Wildman–Crippen MR) is 123 cm³/mol. The zero-order valence-corrected chi connectivity index (χ0v) is 18.4. The molecule has 162 valence electrons. The average molecular weight is 439 g/mol. The van der Waals surface area contributed by atoms with Crippen LogP contribution in [0.1, 0.15) is 22.7 Å². The number of ether oxygens (including phenoxy) is 1. The summed E-state index contributed by atoms with van der Waals surface area (Å²) in [7, 11) is -1.48. The molecule has 3 aromatic rings. The first kappa shape index (κ1) is 22.5. The quantitative estimate of drug-likeness (QED) is 0.532. The van der Waals surface area contributed by atoms with Gasteiger partial charge in [-0.1, -0.05) is 54.6 Å². The van der Waals surface area contributed by atoms with Crippen LogP contribution < -0.4 is 15.4 Å². The van der Waals surface area contributed by atoms with Crippen LogP contribution in [-0.4, -0.2) is 27.7 Å². The van der Waals surface area contributed by atoms with Crippen molar-refractivity contribution in [2.24, 2.45) is 0 Å². The molecule has 0 radical (unpaired) electrons. The molecular formula is C24H26N2O4S. The molecule has 0 saturated heterocycles. The fraction of sp³-hybridized carbons (Fsp3) is 0.208. The van der Waals surface area contributed by atoms with Crippen LogP contribution in [0.25, 0.3) is 0 Å². The van der Waals surface area contributed by atoms with E-state index in [4.69, 9.17) is 4.74 Å². The van der Waals surface area contributed by atoms with Crippen molar-refractivity contribution < 1.29 is 17.9 Å². The highest BCUT2D eigenvalue weighted by molar-refractivity contribution is 7.89. The second-order valence-corrected chi connectivity index (χ2v) is 9.47. The highest BCUT2D eigenvalue weighted by Crippen LogP contribution is 2.19. The molecule has 0 heterocycles. The minimum absolute atomic E-state index is 0.0115. The van der Waals surface area contributed by atoms with E-state index in [0.29, 0.717) is 12.2 Å². The number of carbonyl (C=O) groups excluding carboxylic acids is 1. The molecule has 0 spiro atoms. The average Bonchev–Trinajstić information content (AvgIpc) is 2.75. The zero-order chi connectivity index (χ0) is 22.3. The van der Waals surface area contributed by atoms with Crippen molar-refractivity contribution >= 4 is 21.4 Å². The van der Waals surface area contributed by atoms with E-state index in [9.17, 15) is 13.2 Å². The molecule has 3 aromatic carbocycles. The lowest BCUT2D eigenvalue weighted by molar-refractivity contribution is -0.118. The molecule has 1 unspecified atom stereocenters. The number of sulfone groups is 1. The van der Waals surface area contributed by atoms with Gasteiger partial charge in [-0.05, 0) is 41.0 Å². The van der Waals surface area contributed by atoms with Gasteiger partial charge in [0.2, 0.25) is 5.91 Å². The molecule has 0 aliphatic heterocycles. The van der Waals surface area contributed by atoms with E-state index in [1.807, 2.05) is 42.5 Å². The van der Waals surface area contributed by atoms with Crippen LogP contribution in [-0.2, 0) is 26.9 Å². The molecule has 0 aliphatic rings. The van der Waals surface area contributed by atoms with Crippen molar-refractivity contribution in [1.29, 1.82) is 0 Å². The summed E-state index contributed by atoms with van der Waals surface area (Å²) in [5, 5.41) is 6.25. The standard InChI is InChI=1S/C24H26N2O4S/c1-30-22-14-12-21(13-15-22)26-24(27)23(20-6-4-3-5-7-20)25-16-18-8-10-19(11-9-18)17-31(2,28)29/h3-15,23,25H,16-17H2,1-2H3,(H,26,27). The van der Waals surface area contributed by atoms with Gasteiger partial charge in [0.15, 0.2) is 9.84 Å². The SMILES string of the molecule is COc1ccc(NC(=O)C(NCc2ccc(CS(C)(=O)=O)cc2)c2ccccc2)cc1. The fourth-order valence-electron chi connectivity index (χ4n) is 3.17. The van der Waals surface area contributed by atoms with Gasteiger partial charge in [-0.2, -0.15) is 0 Å². The smallest absolute Gasteiger partial charge is 0.246 e. The topological polar surface area (TPSA) is 84.5 Å². The van der Waals surface area contributed by atoms with Crippen LogP contribution in [0.5, 0.6) is 5.75 Å². The fourth-order valence-corrected chi connectivity index (χ4v) is 3.97. The number of amides is 1. The van der Waals surface area contributed by atoms with E-state index < -0.39 is 15.9 Å². The first-order valence-corrected chi connectivity index (χ1v) is 11.9. The monoisotopic (exact) mass is 438 g/mol. The highest BCUT2D eigenvalue weighted by atomic mass is 32.2. The molecule has 0 aromatic heterocycles. The van der Waals surface area contributed by atoms with Gasteiger partial charge in [0.1, 0.15) is 11.8 Å². The summed E-state index contributed by atoms with van der Waals surface area (Å²) in [5.74, 6) is 0.553. The summed E-state index contributed by atoms with van der Waals surface area (Å²) in [6.45, 7) is 0.453. The molecule has 6 nitrogen and oxygen atoms in total. The van der Waals surface area contributed by atoms with Crippen molar-refractivity contribution in [2.45, 2.75) is 18.3 Å². The Kier molecular flexibility index (Phi) is 7.44. The van der Waals surface area contributed by atoms with Crippen LogP contribution in [0.2, 0.25) is 0 Å². The van der Waals surface area contributed by atoms with E-state index in [1.54, 1.807) is 43.5 Å². The number of benzene rings is 3. The minimum Gasteiger partial charge on any atom is -0.497 e. The number of carbonyl (C=O) groups is 1. The van der Waals surface area contributed by atoms with Crippen LogP contribution in [0.15, 0.2) is 78.9 Å². The van der Waals surface area contributed by atoms with Crippen molar-refractivity contribution in [3.63, 3.8) is 0 Å². The van der Waals surface area contributed by atoms with Gasteiger partial charge in [0.05, 0.1) is 12.9 Å². The van der Waals surface area contributed by atoms with E-state index >= 15 is 0 Å². The van der Waals surface area contributed by atoms with Crippen molar-refractivity contribution in [3.8, 4) is 5.75 Å². The first-order chi connectivity index (χ1) is 14.8. The third-order valence-corrected chi connectivity index (χ3v) is 5.57. The van der Waals surface area contributed by atoms with Gasteiger partial charge < -0.3 is 10.1 Å². The second-order valence-electron chi connectivity index (χ2n) is 7.33. The first-order valence-electron chi connectivity index (χ1n) is 9.83. The van der Waals surface area contributed by atoms with Gasteiger partial charge in [-0.25, -0.2) is 8.42 Å². The summed E-state index contributed by atoms with van der Waals surface area (Å²) in [5.41, 5.74) is 3.22.